The summed E-state index contributed by atoms with van der Waals surface area (Å²) in [5.74, 6) is 0. The molecule has 0 unspecified atom stereocenters. The lowest BCUT2D eigenvalue weighted by Gasteiger charge is -2.37. The average molecular weight is 402 g/mol. The van der Waals surface area contributed by atoms with Crippen LogP contribution in [-0.2, 0) is 11.3 Å². The Labute approximate surface area is 172 Å². The first-order chi connectivity index (χ1) is 13.8. The topological polar surface area (TPSA) is 96.8 Å². The molecule has 3 rings (SSSR count). The van der Waals surface area contributed by atoms with E-state index in [2.05, 4.69) is 31.2 Å². The van der Waals surface area contributed by atoms with Crippen molar-refractivity contribution in [2.45, 2.75) is 32.9 Å². The van der Waals surface area contributed by atoms with Crippen molar-refractivity contribution in [1.82, 2.24) is 15.1 Å². The zero-order valence-electron chi connectivity index (χ0n) is 17.6. The molecule has 2 aliphatic heterocycles. The SMILES string of the molecule is CC(C)(C)OC(=O)N1CCN(c2cc(CN3CCNCC3)cc(N=[N+]=[N-])c2)CC1. The summed E-state index contributed by atoms with van der Waals surface area (Å²) in [6.07, 6.45) is -0.264. The largest absolute Gasteiger partial charge is 0.444 e. The van der Waals surface area contributed by atoms with Crippen LogP contribution in [0.25, 0.3) is 10.4 Å². The molecule has 9 nitrogen and oxygen atoms in total. The number of carbonyl (C=O) groups is 1. The highest BCUT2D eigenvalue weighted by Gasteiger charge is 2.26. The quantitative estimate of drug-likeness (QED) is 0.475. The highest BCUT2D eigenvalue weighted by atomic mass is 16.6. The predicted octanol–water partition coefficient (Wildman–Crippen LogP) is 3.09. The summed E-state index contributed by atoms with van der Waals surface area (Å²) in [5, 5.41) is 7.20. The van der Waals surface area contributed by atoms with Gasteiger partial charge in [-0.05, 0) is 50.1 Å². The third kappa shape index (κ3) is 6.25. The Morgan fingerprint density at radius 2 is 1.83 bits per heavy atom. The monoisotopic (exact) mass is 401 g/mol. The van der Waals surface area contributed by atoms with Gasteiger partial charge < -0.3 is 19.9 Å². The van der Waals surface area contributed by atoms with Crippen LogP contribution in [0.15, 0.2) is 23.3 Å². The normalized spacial score (nSPS) is 18.3. The molecule has 0 atom stereocenters. The van der Waals surface area contributed by atoms with E-state index < -0.39 is 5.60 Å². The van der Waals surface area contributed by atoms with Gasteiger partial charge in [-0.3, -0.25) is 4.90 Å². The van der Waals surface area contributed by atoms with E-state index in [-0.39, 0.29) is 6.09 Å². The predicted molar refractivity (Wildman–Crippen MR) is 113 cm³/mol. The average Bonchev–Trinajstić information content (AvgIpc) is 2.68. The second kappa shape index (κ2) is 9.35. The minimum Gasteiger partial charge on any atom is -0.444 e. The summed E-state index contributed by atoms with van der Waals surface area (Å²) < 4.78 is 5.48. The minimum atomic E-state index is -0.489. The first-order valence-corrected chi connectivity index (χ1v) is 10.2. The molecule has 1 aromatic rings. The van der Waals surface area contributed by atoms with Gasteiger partial charge in [-0.25, -0.2) is 4.79 Å². The van der Waals surface area contributed by atoms with Crippen LogP contribution in [-0.4, -0.2) is 73.9 Å². The van der Waals surface area contributed by atoms with Crippen molar-refractivity contribution in [2.24, 2.45) is 5.11 Å². The van der Waals surface area contributed by atoms with Crippen molar-refractivity contribution in [3.05, 3.63) is 34.2 Å². The van der Waals surface area contributed by atoms with Crippen LogP contribution in [0, 0.1) is 0 Å². The van der Waals surface area contributed by atoms with E-state index in [0.717, 1.165) is 44.0 Å². The summed E-state index contributed by atoms with van der Waals surface area (Å²) in [4.78, 5) is 21.6. The van der Waals surface area contributed by atoms with Crippen LogP contribution in [0.5, 0.6) is 0 Å². The zero-order chi connectivity index (χ0) is 20.9. The molecule has 9 heteroatoms. The van der Waals surface area contributed by atoms with Gasteiger partial charge in [-0.1, -0.05) is 5.11 Å². The smallest absolute Gasteiger partial charge is 0.410 e. The Morgan fingerprint density at radius 1 is 1.14 bits per heavy atom. The third-order valence-corrected chi connectivity index (χ3v) is 5.03. The summed E-state index contributed by atoms with van der Waals surface area (Å²) in [7, 11) is 0. The molecule has 1 aromatic carbocycles. The molecular weight excluding hydrogens is 370 g/mol. The molecule has 0 radical (unpaired) electrons. The Bertz CT molecular complexity index is 757. The highest BCUT2D eigenvalue weighted by molar-refractivity contribution is 5.69. The second-order valence-electron chi connectivity index (χ2n) is 8.53. The fourth-order valence-electron chi connectivity index (χ4n) is 3.64. The number of hydrogen-bond donors (Lipinski definition) is 1. The Kier molecular flexibility index (Phi) is 6.84. The number of rotatable bonds is 4. The maximum atomic E-state index is 12.3. The van der Waals surface area contributed by atoms with Crippen LogP contribution in [0.3, 0.4) is 0 Å². The van der Waals surface area contributed by atoms with Crippen molar-refractivity contribution < 1.29 is 9.53 Å². The molecule has 1 amide bonds. The van der Waals surface area contributed by atoms with Crippen LogP contribution >= 0.6 is 0 Å². The number of nitrogens with one attached hydrogen (secondary N) is 1. The van der Waals surface area contributed by atoms with Gasteiger partial charge in [-0.2, -0.15) is 0 Å². The number of anilines is 1. The van der Waals surface area contributed by atoms with E-state index in [1.165, 1.54) is 0 Å². The van der Waals surface area contributed by atoms with Crippen LogP contribution in [0.4, 0.5) is 16.2 Å². The van der Waals surface area contributed by atoms with E-state index >= 15 is 0 Å². The summed E-state index contributed by atoms with van der Waals surface area (Å²) in [6.45, 7) is 13.1. The van der Waals surface area contributed by atoms with Gasteiger partial charge in [-0.15, -0.1) is 0 Å². The number of piperazine rings is 2. The first kappa shape index (κ1) is 21.2. The van der Waals surface area contributed by atoms with Crippen molar-refractivity contribution >= 4 is 17.5 Å². The maximum Gasteiger partial charge on any atom is 0.410 e. The lowest BCUT2D eigenvalue weighted by atomic mass is 10.1. The standard InChI is InChI=1S/C20H31N7O2/c1-20(2,3)29-19(28)27-10-8-26(9-11-27)18-13-16(12-17(14-18)23-24-21)15-25-6-4-22-5-7-25/h12-14,22H,4-11,15H2,1-3H3. The molecule has 29 heavy (non-hydrogen) atoms. The van der Waals surface area contributed by atoms with Crippen LogP contribution in [0.1, 0.15) is 26.3 Å². The number of hydrogen-bond acceptors (Lipinski definition) is 6. The van der Waals surface area contributed by atoms with Crippen LogP contribution < -0.4 is 10.2 Å². The molecule has 1 N–H and O–H groups in total. The lowest BCUT2D eigenvalue weighted by molar-refractivity contribution is 0.0240. The van der Waals surface area contributed by atoms with E-state index in [1.807, 2.05) is 32.9 Å². The minimum absolute atomic E-state index is 0.264. The van der Waals surface area contributed by atoms with Crippen molar-refractivity contribution in [3.8, 4) is 0 Å². The summed E-state index contributed by atoms with van der Waals surface area (Å²) in [5.41, 5.74) is 11.2. The Balaban J connectivity index is 1.68. The molecule has 0 saturated carbocycles. The van der Waals surface area contributed by atoms with Crippen molar-refractivity contribution in [1.29, 1.82) is 0 Å². The van der Waals surface area contributed by atoms with E-state index in [1.54, 1.807) is 4.90 Å². The molecule has 0 spiro atoms. The molecule has 2 fully saturated rings. The Hall–Kier alpha value is -2.48. The fourth-order valence-corrected chi connectivity index (χ4v) is 3.64. The van der Waals surface area contributed by atoms with Crippen LogP contribution in [0.2, 0.25) is 0 Å². The van der Waals surface area contributed by atoms with Gasteiger partial charge in [0.05, 0.1) is 0 Å². The number of azide groups is 1. The number of ether oxygens (including phenoxy) is 1. The third-order valence-electron chi connectivity index (χ3n) is 5.03. The second-order valence-corrected chi connectivity index (χ2v) is 8.53. The van der Waals surface area contributed by atoms with E-state index in [9.17, 15) is 4.79 Å². The van der Waals surface area contributed by atoms with E-state index in [0.29, 0.717) is 31.9 Å². The number of amides is 1. The molecule has 2 saturated heterocycles. The summed E-state index contributed by atoms with van der Waals surface area (Å²) >= 11 is 0. The van der Waals surface area contributed by atoms with Gasteiger partial charge in [0.15, 0.2) is 0 Å². The lowest BCUT2D eigenvalue weighted by Crippen LogP contribution is -2.50. The molecular formula is C20H31N7O2. The molecule has 0 bridgehead atoms. The first-order valence-electron chi connectivity index (χ1n) is 10.2. The molecule has 0 aliphatic carbocycles. The van der Waals surface area contributed by atoms with E-state index in [4.69, 9.17) is 10.3 Å². The molecule has 2 aliphatic rings. The van der Waals surface area contributed by atoms with Gasteiger partial charge >= 0.3 is 6.09 Å². The zero-order valence-corrected chi connectivity index (χ0v) is 17.6. The molecule has 2 heterocycles. The number of nitrogens with zero attached hydrogens (tertiary/aromatic N) is 6. The van der Waals surface area contributed by atoms with Gasteiger partial charge in [0.1, 0.15) is 5.60 Å². The summed E-state index contributed by atoms with van der Waals surface area (Å²) in [6, 6.07) is 6.05. The van der Waals surface area contributed by atoms with Crippen molar-refractivity contribution in [2.75, 3.05) is 57.3 Å². The fraction of sp³-hybridized carbons (Fsp3) is 0.650. The van der Waals surface area contributed by atoms with Gasteiger partial charge in [0.2, 0.25) is 0 Å². The number of carbonyl (C=O) groups excluding carboxylic acids is 1. The Morgan fingerprint density at radius 3 is 2.45 bits per heavy atom. The van der Waals surface area contributed by atoms with Gasteiger partial charge in [0, 0.05) is 75.2 Å². The number of benzene rings is 1. The van der Waals surface area contributed by atoms with Gasteiger partial charge in [0.25, 0.3) is 0 Å². The molecule has 0 aromatic heterocycles. The molecule has 158 valence electrons. The van der Waals surface area contributed by atoms with Crippen molar-refractivity contribution in [3.63, 3.8) is 0 Å². The highest BCUT2D eigenvalue weighted by Crippen LogP contribution is 2.27. The maximum absolute atomic E-state index is 12.3.